The van der Waals surface area contributed by atoms with Crippen molar-refractivity contribution >= 4 is 0 Å². The van der Waals surface area contributed by atoms with Crippen molar-refractivity contribution in [2.75, 3.05) is 14.2 Å². The predicted octanol–water partition coefficient (Wildman–Crippen LogP) is 3.80. The van der Waals surface area contributed by atoms with Crippen LogP contribution in [0.3, 0.4) is 0 Å². The molecule has 1 fully saturated rings. The van der Waals surface area contributed by atoms with Crippen LogP contribution < -0.4 is 14.8 Å². The summed E-state index contributed by atoms with van der Waals surface area (Å²) in [4.78, 5) is 0. The highest BCUT2D eigenvalue weighted by Crippen LogP contribution is 2.29. The van der Waals surface area contributed by atoms with Gasteiger partial charge in [0.25, 0.3) is 0 Å². The number of hydrogen-bond acceptors (Lipinski definition) is 3. The quantitative estimate of drug-likeness (QED) is 0.829. The minimum atomic E-state index is 0.471. The summed E-state index contributed by atoms with van der Waals surface area (Å²) in [5, 5.41) is 3.76. The van der Waals surface area contributed by atoms with Crippen molar-refractivity contribution in [2.24, 2.45) is 5.92 Å². The lowest BCUT2D eigenvalue weighted by Crippen LogP contribution is -2.39. The van der Waals surface area contributed by atoms with Gasteiger partial charge in [0.05, 0.1) is 14.2 Å². The summed E-state index contributed by atoms with van der Waals surface area (Å²) in [7, 11) is 3.36. The summed E-state index contributed by atoms with van der Waals surface area (Å²) < 4.78 is 10.7. The summed E-state index contributed by atoms with van der Waals surface area (Å²) in [6.07, 6.45) is 6.59. The maximum absolute atomic E-state index is 5.38. The largest absolute Gasteiger partial charge is 0.493 e. The van der Waals surface area contributed by atoms with Crippen molar-refractivity contribution in [3.8, 4) is 11.5 Å². The van der Waals surface area contributed by atoms with Gasteiger partial charge in [0, 0.05) is 12.1 Å². The van der Waals surface area contributed by atoms with E-state index in [1.165, 1.54) is 31.2 Å². The van der Waals surface area contributed by atoms with Crippen LogP contribution in [-0.2, 0) is 6.42 Å². The van der Waals surface area contributed by atoms with Gasteiger partial charge in [-0.2, -0.15) is 0 Å². The Balaban J connectivity index is 1.91. The van der Waals surface area contributed by atoms with Gasteiger partial charge in [0.1, 0.15) is 0 Å². The molecule has 118 valence electrons. The molecule has 3 heteroatoms. The molecule has 0 amide bonds. The van der Waals surface area contributed by atoms with E-state index in [0.717, 1.165) is 23.8 Å². The smallest absolute Gasteiger partial charge is 0.160 e. The summed E-state index contributed by atoms with van der Waals surface area (Å²) in [5.41, 5.74) is 1.28. The van der Waals surface area contributed by atoms with E-state index in [1.807, 2.05) is 6.07 Å². The van der Waals surface area contributed by atoms with Gasteiger partial charge in [-0.3, -0.25) is 0 Å². The van der Waals surface area contributed by atoms with E-state index >= 15 is 0 Å². The molecule has 0 saturated heterocycles. The molecule has 0 aliphatic heterocycles. The van der Waals surface area contributed by atoms with Gasteiger partial charge in [-0.1, -0.05) is 18.9 Å². The lowest BCUT2D eigenvalue weighted by molar-refractivity contribution is 0.345. The lowest BCUT2D eigenvalue weighted by Gasteiger charge is -2.25. The Morgan fingerprint density at radius 2 is 1.76 bits per heavy atom. The van der Waals surface area contributed by atoms with Crippen molar-refractivity contribution in [2.45, 2.75) is 58.0 Å². The number of rotatable bonds is 7. The molecule has 21 heavy (non-hydrogen) atoms. The Morgan fingerprint density at radius 3 is 2.38 bits per heavy atom. The molecule has 1 unspecified atom stereocenters. The molecule has 0 bridgehead atoms. The summed E-state index contributed by atoms with van der Waals surface area (Å²) in [6, 6.07) is 7.28. The highest BCUT2D eigenvalue weighted by atomic mass is 16.5. The fourth-order valence-corrected chi connectivity index (χ4v) is 3.46. The average molecular weight is 291 g/mol. The second kappa shape index (κ2) is 7.69. The van der Waals surface area contributed by atoms with Crippen molar-refractivity contribution in [3.05, 3.63) is 23.8 Å². The zero-order chi connectivity index (χ0) is 15.2. The molecule has 1 aromatic carbocycles. The fraction of sp³-hybridized carbons (Fsp3) is 0.667. The maximum Gasteiger partial charge on any atom is 0.160 e. The van der Waals surface area contributed by atoms with Crippen LogP contribution in [0.4, 0.5) is 0 Å². The van der Waals surface area contributed by atoms with E-state index in [1.54, 1.807) is 14.2 Å². The molecule has 2 atom stereocenters. The number of methoxy groups -OCH3 is 2. The maximum atomic E-state index is 5.38. The van der Waals surface area contributed by atoms with Gasteiger partial charge < -0.3 is 14.8 Å². The second-order valence-electron chi connectivity index (χ2n) is 6.29. The van der Waals surface area contributed by atoms with Crippen LogP contribution in [-0.4, -0.2) is 26.3 Å². The second-order valence-corrected chi connectivity index (χ2v) is 6.29. The third-order valence-corrected chi connectivity index (χ3v) is 4.64. The zero-order valence-corrected chi connectivity index (χ0v) is 13.8. The number of nitrogens with one attached hydrogen (secondary N) is 1. The Labute approximate surface area is 129 Å². The van der Waals surface area contributed by atoms with Gasteiger partial charge in [-0.05, 0) is 56.7 Å². The van der Waals surface area contributed by atoms with Crippen LogP contribution in [0.2, 0.25) is 0 Å². The van der Waals surface area contributed by atoms with Crippen molar-refractivity contribution < 1.29 is 9.47 Å². The van der Waals surface area contributed by atoms with Gasteiger partial charge in [0.15, 0.2) is 11.5 Å². The van der Waals surface area contributed by atoms with Gasteiger partial charge in [0.2, 0.25) is 0 Å². The molecule has 3 nitrogen and oxygen atoms in total. The molecule has 1 aliphatic carbocycles. The normalized spacial score (nSPS) is 18.5. The lowest BCUT2D eigenvalue weighted by atomic mass is 9.98. The van der Waals surface area contributed by atoms with Crippen LogP contribution in [0.15, 0.2) is 18.2 Å². The molecular weight excluding hydrogens is 262 g/mol. The third kappa shape index (κ3) is 4.37. The van der Waals surface area contributed by atoms with Crippen LogP contribution >= 0.6 is 0 Å². The highest BCUT2D eigenvalue weighted by molar-refractivity contribution is 5.43. The van der Waals surface area contributed by atoms with Gasteiger partial charge in [-0.15, -0.1) is 0 Å². The summed E-state index contributed by atoms with van der Waals surface area (Å²) in [6.45, 7) is 4.60. The van der Waals surface area contributed by atoms with Gasteiger partial charge in [-0.25, -0.2) is 0 Å². The van der Waals surface area contributed by atoms with E-state index in [2.05, 4.69) is 31.3 Å². The molecule has 1 aromatic rings. The molecular formula is C18H29NO2. The Bertz CT molecular complexity index is 441. The topological polar surface area (TPSA) is 30.5 Å². The molecule has 0 spiro atoms. The molecule has 0 aromatic heterocycles. The van der Waals surface area contributed by atoms with E-state index in [0.29, 0.717) is 12.1 Å². The van der Waals surface area contributed by atoms with Crippen LogP contribution in [0, 0.1) is 5.92 Å². The first-order valence-electron chi connectivity index (χ1n) is 8.11. The average Bonchev–Trinajstić information content (AvgIpc) is 3.01. The summed E-state index contributed by atoms with van der Waals surface area (Å²) in [5.74, 6) is 2.46. The van der Waals surface area contributed by atoms with Crippen LogP contribution in [0.25, 0.3) is 0 Å². The first-order valence-corrected chi connectivity index (χ1v) is 8.11. The van der Waals surface area contributed by atoms with Crippen LogP contribution in [0.1, 0.15) is 45.1 Å². The van der Waals surface area contributed by atoms with Crippen molar-refractivity contribution in [1.82, 2.24) is 5.32 Å². The third-order valence-electron chi connectivity index (χ3n) is 4.64. The highest BCUT2D eigenvalue weighted by Gasteiger charge is 2.22. The molecule has 0 radical (unpaired) electrons. The monoisotopic (exact) mass is 291 g/mol. The molecule has 1 saturated carbocycles. The molecule has 0 heterocycles. The van der Waals surface area contributed by atoms with Gasteiger partial charge >= 0.3 is 0 Å². The number of hydrogen-bond donors (Lipinski definition) is 1. The number of ether oxygens (including phenoxy) is 2. The first kappa shape index (κ1) is 16.2. The minimum Gasteiger partial charge on any atom is -0.493 e. The molecule has 1 aliphatic rings. The zero-order valence-electron chi connectivity index (χ0n) is 13.8. The van der Waals surface area contributed by atoms with E-state index < -0.39 is 0 Å². The first-order chi connectivity index (χ1) is 10.1. The van der Waals surface area contributed by atoms with Crippen LogP contribution in [0.5, 0.6) is 11.5 Å². The Morgan fingerprint density at radius 1 is 1.10 bits per heavy atom. The SMILES string of the molecule is COc1ccc(CC(C)N[C@@H](C)C2CCCC2)cc1OC. The number of benzene rings is 1. The van der Waals surface area contributed by atoms with E-state index in [-0.39, 0.29) is 0 Å². The molecule has 2 rings (SSSR count). The Hall–Kier alpha value is -1.22. The molecule has 1 N–H and O–H groups in total. The standard InChI is InChI=1S/C18H29NO2/c1-13(19-14(2)16-7-5-6-8-16)11-15-9-10-17(20-3)18(12-15)21-4/h9-10,12-14,16,19H,5-8,11H2,1-4H3/t13?,14-/m0/s1. The fourth-order valence-electron chi connectivity index (χ4n) is 3.46. The van der Waals surface area contributed by atoms with Crippen molar-refractivity contribution in [3.63, 3.8) is 0 Å². The predicted molar refractivity (Wildman–Crippen MR) is 87.3 cm³/mol. The minimum absolute atomic E-state index is 0.471. The Kier molecular flexibility index (Phi) is 5.92. The van der Waals surface area contributed by atoms with E-state index in [4.69, 9.17) is 9.47 Å². The van der Waals surface area contributed by atoms with E-state index in [9.17, 15) is 0 Å². The van der Waals surface area contributed by atoms with Crippen molar-refractivity contribution in [1.29, 1.82) is 0 Å². The summed E-state index contributed by atoms with van der Waals surface area (Å²) >= 11 is 0.